The number of hydrogen-bond acceptors (Lipinski definition) is 3. The molecule has 13 heavy (non-hydrogen) atoms. The Morgan fingerprint density at radius 1 is 1.38 bits per heavy atom. The van der Waals surface area contributed by atoms with Crippen LogP contribution in [0.1, 0.15) is 33.1 Å². The summed E-state index contributed by atoms with van der Waals surface area (Å²) in [5, 5.41) is 0. The molecule has 0 aliphatic heterocycles. The summed E-state index contributed by atoms with van der Waals surface area (Å²) in [4.78, 5) is 20.9. The van der Waals surface area contributed by atoms with Crippen LogP contribution in [0.4, 0.5) is 8.78 Å². The Labute approximate surface area is 75.1 Å². The molecule has 0 aliphatic carbocycles. The van der Waals surface area contributed by atoms with Crippen molar-refractivity contribution >= 4 is 11.8 Å². The van der Waals surface area contributed by atoms with Gasteiger partial charge in [-0.2, -0.15) is 8.78 Å². The van der Waals surface area contributed by atoms with Crippen molar-refractivity contribution < 1.29 is 23.1 Å². The van der Waals surface area contributed by atoms with Gasteiger partial charge in [0.1, 0.15) is 0 Å². The Morgan fingerprint density at radius 3 is 2.31 bits per heavy atom. The number of alkyl halides is 2. The Kier molecular flexibility index (Phi) is 4.51. The van der Waals surface area contributed by atoms with Crippen LogP contribution in [0, 0.1) is 0 Å². The zero-order chi connectivity index (χ0) is 10.5. The molecule has 0 aliphatic rings. The van der Waals surface area contributed by atoms with Gasteiger partial charge in [-0.25, -0.2) is 0 Å². The first kappa shape index (κ1) is 12.0. The molecule has 0 aromatic heterocycles. The monoisotopic (exact) mass is 194 g/mol. The maximum absolute atomic E-state index is 12.4. The highest BCUT2D eigenvalue weighted by Crippen LogP contribution is 2.17. The molecule has 0 N–H and O–H groups in total. The van der Waals surface area contributed by atoms with E-state index in [-0.39, 0.29) is 6.42 Å². The Balaban J connectivity index is 3.97. The SMILES string of the molecule is CCCCC(=O)OC(F)(F)C(C)=O. The molecule has 76 valence electrons. The van der Waals surface area contributed by atoms with Crippen LogP contribution in [-0.4, -0.2) is 17.9 Å². The average molecular weight is 194 g/mol. The third-order valence-electron chi connectivity index (χ3n) is 1.39. The van der Waals surface area contributed by atoms with E-state index >= 15 is 0 Å². The molecule has 0 unspecified atom stereocenters. The molecule has 0 fully saturated rings. The lowest BCUT2D eigenvalue weighted by Gasteiger charge is -2.12. The van der Waals surface area contributed by atoms with Gasteiger partial charge in [-0.3, -0.25) is 9.59 Å². The van der Waals surface area contributed by atoms with Crippen molar-refractivity contribution in [2.24, 2.45) is 0 Å². The molecular weight excluding hydrogens is 182 g/mol. The number of rotatable bonds is 5. The normalized spacial score (nSPS) is 11.1. The highest BCUT2D eigenvalue weighted by atomic mass is 19.3. The van der Waals surface area contributed by atoms with E-state index < -0.39 is 17.9 Å². The molecule has 5 heteroatoms. The Hall–Kier alpha value is -1.00. The summed E-state index contributed by atoms with van der Waals surface area (Å²) < 4.78 is 28.5. The second kappa shape index (κ2) is 4.89. The summed E-state index contributed by atoms with van der Waals surface area (Å²) in [6, 6.07) is 0. The number of esters is 1. The van der Waals surface area contributed by atoms with Crippen LogP contribution in [-0.2, 0) is 14.3 Å². The van der Waals surface area contributed by atoms with E-state index in [4.69, 9.17) is 0 Å². The fraction of sp³-hybridized carbons (Fsp3) is 0.750. The van der Waals surface area contributed by atoms with Crippen molar-refractivity contribution in [2.45, 2.75) is 39.2 Å². The van der Waals surface area contributed by atoms with Gasteiger partial charge in [0.05, 0.1) is 0 Å². The summed E-state index contributed by atoms with van der Waals surface area (Å²) in [7, 11) is 0. The first-order chi connectivity index (χ1) is 5.90. The summed E-state index contributed by atoms with van der Waals surface area (Å²) in [6.07, 6.45) is -2.86. The fourth-order valence-corrected chi connectivity index (χ4v) is 0.587. The predicted octanol–water partition coefficient (Wildman–Crippen LogP) is 1.90. The van der Waals surface area contributed by atoms with E-state index in [0.717, 1.165) is 0 Å². The van der Waals surface area contributed by atoms with Crippen LogP contribution >= 0.6 is 0 Å². The van der Waals surface area contributed by atoms with E-state index in [1.807, 2.05) is 6.92 Å². The number of ketones is 1. The summed E-state index contributed by atoms with van der Waals surface area (Å²) >= 11 is 0. The molecule has 0 saturated carbocycles. The number of ether oxygens (including phenoxy) is 1. The van der Waals surface area contributed by atoms with E-state index in [9.17, 15) is 18.4 Å². The number of carbonyl (C=O) groups excluding carboxylic acids is 2. The van der Waals surface area contributed by atoms with Gasteiger partial charge in [0.15, 0.2) is 0 Å². The van der Waals surface area contributed by atoms with Crippen LogP contribution in [0.3, 0.4) is 0 Å². The maximum Gasteiger partial charge on any atom is 0.462 e. The number of unbranched alkanes of at least 4 members (excludes halogenated alkanes) is 1. The maximum atomic E-state index is 12.4. The van der Waals surface area contributed by atoms with Crippen molar-refractivity contribution in [1.29, 1.82) is 0 Å². The summed E-state index contributed by atoms with van der Waals surface area (Å²) in [5.74, 6) is -2.50. The second-order valence-corrected chi connectivity index (χ2v) is 2.65. The third kappa shape index (κ3) is 4.55. The van der Waals surface area contributed by atoms with Gasteiger partial charge in [-0.1, -0.05) is 13.3 Å². The van der Waals surface area contributed by atoms with Gasteiger partial charge in [0.25, 0.3) is 0 Å². The van der Waals surface area contributed by atoms with Gasteiger partial charge < -0.3 is 4.74 Å². The fourth-order valence-electron chi connectivity index (χ4n) is 0.587. The highest BCUT2D eigenvalue weighted by Gasteiger charge is 2.39. The number of carbonyl (C=O) groups is 2. The van der Waals surface area contributed by atoms with Crippen molar-refractivity contribution in [2.75, 3.05) is 0 Å². The lowest BCUT2D eigenvalue weighted by atomic mass is 10.2. The number of halogens is 2. The average Bonchev–Trinajstić information content (AvgIpc) is 1.99. The molecule has 0 rings (SSSR count). The molecule has 0 saturated heterocycles. The second-order valence-electron chi connectivity index (χ2n) is 2.65. The van der Waals surface area contributed by atoms with Crippen molar-refractivity contribution in [3.05, 3.63) is 0 Å². The zero-order valence-electron chi connectivity index (χ0n) is 7.60. The Morgan fingerprint density at radius 2 is 1.92 bits per heavy atom. The van der Waals surface area contributed by atoms with E-state index in [0.29, 0.717) is 19.8 Å². The molecule has 0 aromatic rings. The van der Waals surface area contributed by atoms with Gasteiger partial charge in [0, 0.05) is 13.3 Å². The molecule has 0 heterocycles. The van der Waals surface area contributed by atoms with Crippen LogP contribution in [0.25, 0.3) is 0 Å². The molecular formula is C8H12F2O3. The van der Waals surface area contributed by atoms with Gasteiger partial charge in [-0.05, 0) is 6.42 Å². The zero-order valence-corrected chi connectivity index (χ0v) is 7.60. The van der Waals surface area contributed by atoms with Crippen LogP contribution < -0.4 is 0 Å². The topological polar surface area (TPSA) is 43.4 Å². The van der Waals surface area contributed by atoms with Crippen LogP contribution in [0.2, 0.25) is 0 Å². The smallest absolute Gasteiger partial charge is 0.395 e. The van der Waals surface area contributed by atoms with E-state index in [1.54, 1.807) is 0 Å². The minimum atomic E-state index is -3.97. The van der Waals surface area contributed by atoms with Crippen molar-refractivity contribution in [3.8, 4) is 0 Å². The van der Waals surface area contributed by atoms with E-state index in [1.165, 1.54) is 0 Å². The highest BCUT2D eigenvalue weighted by molar-refractivity contribution is 5.84. The van der Waals surface area contributed by atoms with Crippen molar-refractivity contribution in [3.63, 3.8) is 0 Å². The molecule has 0 radical (unpaired) electrons. The third-order valence-corrected chi connectivity index (χ3v) is 1.39. The number of hydrogen-bond donors (Lipinski definition) is 0. The summed E-state index contributed by atoms with van der Waals surface area (Å²) in [6.45, 7) is 2.49. The largest absolute Gasteiger partial charge is 0.462 e. The summed E-state index contributed by atoms with van der Waals surface area (Å²) in [5.41, 5.74) is 0. The van der Waals surface area contributed by atoms with E-state index in [2.05, 4.69) is 4.74 Å². The van der Waals surface area contributed by atoms with Gasteiger partial charge >= 0.3 is 12.1 Å². The molecule has 0 spiro atoms. The molecule has 0 amide bonds. The molecule has 3 nitrogen and oxygen atoms in total. The lowest BCUT2D eigenvalue weighted by Crippen LogP contribution is -2.32. The lowest BCUT2D eigenvalue weighted by molar-refractivity contribution is -0.225. The molecule has 0 aromatic carbocycles. The van der Waals surface area contributed by atoms with Gasteiger partial charge in [-0.15, -0.1) is 0 Å². The minimum absolute atomic E-state index is 0.0840. The minimum Gasteiger partial charge on any atom is -0.395 e. The first-order valence-electron chi connectivity index (χ1n) is 4.01. The first-order valence-corrected chi connectivity index (χ1v) is 4.01. The van der Waals surface area contributed by atoms with Crippen LogP contribution in [0.5, 0.6) is 0 Å². The van der Waals surface area contributed by atoms with Gasteiger partial charge in [0.2, 0.25) is 5.78 Å². The Bertz CT molecular complexity index is 202. The quantitative estimate of drug-likeness (QED) is 0.628. The number of Topliss-reactive ketones (excluding diaryl/α,β-unsaturated/α-hetero) is 1. The standard InChI is InChI=1S/C8H12F2O3/c1-3-4-5-7(12)13-8(9,10)6(2)11/h3-5H2,1-2H3. The van der Waals surface area contributed by atoms with Crippen LogP contribution in [0.15, 0.2) is 0 Å². The molecule has 0 bridgehead atoms. The van der Waals surface area contributed by atoms with Crippen molar-refractivity contribution in [1.82, 2.24) is 0 Å². The molecule has 0 atom stereocenters. The predicted molar refractivity (Wildman–Crippen MR) is 41.2 cm³/mol.